The monoisotopic (exact) mass is 295 g/mol. The van der Waals surface area contributed by atoms with Crippen LogP contribution in [-0.4, -0.2) is 42.0 Å². The Morgan fingerprint density at radius 3 is 2.52 bits per heavy atom. The summed E-state index contributed by atoms with van der Waals surface area (Å²) in [7, 11) is 0. The normalized spacial score (nSPS) is 33.8. The van der Waals surface area contributed by atoms with E-state index in [-0.39, 0.29) is 5.91 Å². The molecule has 0 aromatic carbocycles. The zero-order valence-corrected chi connectivity index (χ0v) is 14.1. The number of primary amides is 1. The lowest BCUT2D eigenvalue weighted by atomic mass is 9.76. The molecule has 0 spiro atoms. The van der Waals surface area contributed by atoms with E-state index in [0.717, 1.165) is 32.2 Å². The zero-order valence-electron chi connectivity index (χ0n) is 14.1. The molecule has 4 nitrogen and oxygen atoms in total. The highest BCUT2D eigenvalue weighted by Crippen LogP contribution is 2.36. The van der Waals surface area contributed by atoms with E-state index in [4.69, 9.17) is 5.73 Å². The molecular weight excluding hydrogens is 262 g/mol. The van der Waals surface area contributed by atoms with Gasteiger partial charge in [-0.3, -0.25) is 4.79 Å². The first-order chi connectivity index (χ1) is 9.88. The summed E-state index contributed by atoms with van der Waals surface area (Å²) in [6, 6.07) is 0.520. The highest BCUT2D eigenvalue weighted by molar-refractivity contribution is 5.84. The van der Waals surface area contributed by atoms with Crippen molar-refractivity contribution in [2.45, 2.75) is 77.3 Å². The van der Waals surface area contributed by atoms with Gasteiger partial charge in [0.2, 0.25) is 5.91 Å². The molecule has 4 heteroatoms. The Labute approximate surface area is 129 Å². The summed E-state index contributed by atoms with van der Waals surface area (Å²) in [5.41, 5.74) is 5.77. The van der Waals surface area contributed by atoms with Gasteiger partial charge in [-0.2, -0.15) is 0 Å². The van der Waals surface area contributed by atoms with E-state index in [9.17, 15) is 4.79 Å². The molecule has 0 aromatic rings. The van der Waals surface area contributed by atoms with Crippen molar-refractivity contribution < 1.29 is 4.79 Å². The smallest absolute Gasteiger partial charge is 0.237 e. The fraction of sp³-hybridized carbons (Fsp3) is 0.941. The number of piperidine rings is 1. The van der Waals surface area contributed by atoms with Crippen molar-refractivity contribution >= 4 is 5.91 Å². The average Bonchev–Trinajstić information content (AvgIpc) is 2.45. The van der Waals surface area contributed by atoms with E-state index in [1.165, 1.54) is 32.4 Å². The van der Waals surface area contributed by atoms with Crippen LogP contribution >= 0.6 is 0 Å². The molecule has 0 bridgehead atoms. The topological polar surface area (TPSA) is 58.4 Å². The molecular formula is C17H33N3O. The third-order valence-electron chi connectivity index (χ3n) is 5.58. The van der Waals surface area contributed by atoms with Crippen LogP contribution < -0.4 is 11.1 Å². The van der Waals surface area contributed by atoms with Crippen LogP contribution in [0.1, 0.15) is 65.7 Å². The van der Waals surface area contributed by atoms with Gasteiger partial charge in [0.25, 0.3) is 0 Å². The minimum absolute atomic E-state index is 0.155. The molecule has 2 unspecified atom stereocenters. The van der Waals surface area contributed by atoms with Gasteiger partial charge in [-0.25, -0.2) is 0 Å². The molecule has 0 aromatic heterocycles. The number of hydrogen-bond acceptors (Lipinski definition) is 3. The van der Waals surface area contributed by atoms with Crippen LogP contribution in [0.25, 0.3) is 0 Å². The average molecular weight is 295 g/mol. The number of hydrogen-bond donors (Lipinski definition) is 2. The minimum atomic E-state index is -0.466. The standard InChI is InChI=1S/C17H33N3O/c1-4-10-19-17(15(18)21)7-5-6-14(13-17)20-11-8-16(2,3)9-12-20/h14,19H,4-13H2,1-3H3,(H2,18,21). The van der Waals surface area contributed by atoms with Gasteiger partial charge in [0.15, 0.2) is 0 Å². The molecule has 1 saturated heterocycles. The molecule has 2 aliphatic rings. The number of nitrogens with two attached hydrogens (primary N) is 1. The van der Waals surface area contributed by atoms with Crippen LogP contribution in [0.2, 0.25) is 0 Å². The maximum atomic E-state index is 12.1. The summed E-state index contributed by atoms with van der Waals surface area (Å²) < 4.78 is 0. The molecule has 21 heavy (non-hydrogen) atoms. The molecule has 2 rings (SSSR count). The molecule has 2 atom stereocenters. The third-order valence-corrected chi connectivity index (χ3v) is 5.58. The fourth-order valence-electron chi connectivity index (χ4n) is 3.89. The Morgan fingerprint density at radius 1 is 1.29 bits per heavy atom. The first kappa shape index (κ1) is 16.8. The van der Waals surface area contributed by atoms with Crippen molar-refractivity contribution in [2.75, 3.05) is 19.6 Å². The van der Waals surface area contributed by atoms with Gasteiger partial charge in [-0.05, 0) is 70.0 Å². The van der Waals surface area contributed by atoms with E-state index in [1.54, 1.807) is 0 Å². The molecule has 1 heterocycles. The van der Waals surface area contributed by atoms with Crippen molar-refractivity contribution in [3.8, 4) is 0 Å². The highest BCUT2D eigenvalue weighted by Gasteiger charge is 2.43. The second kappa shape index (κ2) is 6.66. The van der Waals surface area contributed by atoms with Crippen molar-refractivity contribution in [1.82, 2.24) is 10.2 Å². The van der Waals surface area contributed by atoms with Crippen molar-refractivity contribution in [3.05, 3.63) is 0 Å². The van der Waals surface area contributed by atoms with Gasteiger partial charge in [0.1, 0.15) is 0 Å². The first-order valence-electron chi connectivity index (χ1n) is 8.67. The van der Waals surface area contributed by atoms with Gasteiger partial charge >= 0.3 is 0 Å². The predicted molar refractivity (Wildman–Crippen MR) is 87.1 cm³/mol. The van der Waals surface area contributed by atoms with Crippen LogP contribution in [0, 0.1) is 5.41 Å². The van der Waals surface area contributed by atoms with E-state index >= 15 is 0 Å². The second-order valence-electron chi connectivity index (χ2n) is 7.82. The molecule has 3 N–H and O–H groups in total. The van der Waals surface area contributed by atoms with Gasteiger partial charge in [-0.1, -0.05) is 20.8 Å². The Bertz CT molecular complexity index is 359. The van der Waals surface area contributed by atoms with Gasteiger partial charge in [0.05, 0.1) is 5.54 Å². The summed E-state index contributed by atoms with van der Waals surface area (Å²) in [5.74, 6) is -0.155. The quantitative estimate of drug-likeness (QED) is 0.818. The number of carbonyl (C=O) groups excluding carboxylic acids is 1. The minimum Gasteiger partial charge on any atom is -0.368 e. The summed E-state index contributed by atoms with van der Waals surface area (Å²) in [4.78, 5) is 14.7. The van der Waals surface area contributed by atoms with Gasteiger partial charge in [0, 0.05) is 6.04 Å². The molecule has 1 saturated carbocycles. The Kier molecular flexibility index (Phi) is 5.31. The van der Waals surface area contributed by atoms with E-state index < -0.39 is 5.54 Å². The lowest BCUT2D eigenvalue weighted by molar-refractivity contribution is -0.127. The number of nitrogens with zero attached hydrogens (tertiary/aromatic N) is 1. The summed E-state index contributed by atoms with van der Waals surface area (Å²) in [6.07, 6.45) is 7.66. The van der Waals surface area contributed by atoms with Crippen molar-refractivity contribution in [2.24, 2.45) is 11.1 Å². The zero-order chi connectivity index (χ0) is 15.5. The summed E-state index contributed by atoms with van der Waals surface area (Å²) in [6.45, 7) is 10.1. The van der Waals surface area contributed by atoms with E-state index in [1.807, 2.05) is 0 Å². The maximum absolute atomic E-state index is 12.1. The van der Waals surface area contributed by atoms with Crippen LogP contribution in [0.3, 0.4) is 0 Å². The van der Waals surface area contributed by atoms with Crippen LogP contribution in [0.5, 0.6) is 0 Å². The molecule has 0 radical (unpaired) electrons. The number of carbonyl (C=O) groups is 1. The van der Waals surface area contributed by atoms with Crippen LogP contribution in [0.4, 0.5) is 0 Å². The predicted octanol–water partition coefficient (Wildman–Crippen LogP) is 2.27. The molecule has 1 aliphatic carbocycles. The Morgan fingerprint density at radius 2 is 1.95 bits per heavy atom. The van der Waals surface area contributed by atoms with E-state index in [2.05, 4.69) is 31.0 Å². The maximum Gasteiger partial charge on any atom is 0.237 e. The number of rotatable bonds is 5. The number of amides is 1. The number of likely N-dealkylation sites (tertiary alicyclic amines) is 1. The summed E-state index contributed by atoms with van der Waals surface area (Å²) in [5, 5.41) is 3.47. The second-order valence-corrected chi connectivity index (χ2v) is 7.82. The lowest BCUT2D eigenvalue weighted by Crippen LogP contribution is -2.61. The van der Waals surface area contributed by atoms with Crippen LogP contribution in [-0.2, 0) is 4.79 Å². The van der Waals surface area contributed by atoms with Crippen molar-refractivity contribution in [3.63, 3.8) is 0 Å². The van der Waals surface area contributed by atoms with Crippen LogP contribution in [0.15, 0.2) is 0 Å². The van der Waals surface area contributed by atoms with Crippen molar-refractivity contribution in [1.29, 1.82) is 0 Å². The molecule has 2 fully saturated rings. The Balaban J connectivity index is 2.00. The largest absolute Gasteiger partial charge is 0.368 e. The lowest BCUT2D eigenvalue weighted by Gasteiger charge is -2.47. The fourth-order valence-corrected chi connectivity index (χ4v) is 3.89. The SMILES string of the molecule is CCCNC1(C(N)=O)CCCC(N2CCC(C)(C)CC2)C1. The first-order valence-corrected chi connectivity index (χ1v) is 8.67. The molecule has 1 amide bonds. The highest BCUT2D eigenvalue weighted by atomic mass is 16.1. The van der Waals surface area contributed by atoms with Gasteiger partial charge < -0.3 is 16.0 Å². The summed E-state index contributed by atoms with van der Waals surface area (Å²) >= 11 is 0. The third kappa shape index (κ3) is 3.98. The molecule has 1 aliphatic heterocycles. The molecule has 122 valence electrons. The van der Waals surface area contributed by atoms with E-state index in [0.29, 0.717) is 11.5 Å². The Hall–Kier alpha value is -0.610. The van der Waals surface area contributed by atoms with Gasteiger partial charge in [-0.15, -0.1) is 0 Å². The number of nitrogens with one attached hydrogen (secondary N) is 1.